The molecule has 3 aromatic rings. The monoisotopic (exact) mass is 429 g/mol. The predicted molar refractivity (Wildman–Crippen MR) is 112 cm³/mol. The van der Waals surface area contributed by atoms with E-state index in [1.54, 1.807) is 0 Å². The minimum Gasteiger partial charge on any atom is -0.353 e. The number of nitrogens with zero attached hydrogens (tertiary/aromatic N) is 4. The first-order valence-corrected chi connectivity index (χ1v) is 10.2. The smallest absolute Gasteiger partial charge is 0.317 e. The maximum atomic E-state index is 12.4. The summed E-state index contributed by atoms with van der Waals surface area (Å²) >= 11 is 3.55. The molecular formula is C20H24BrN5O. The number of amides is 2. The van der Waals surface area contributed by atoms with Crippen LogP contribution in [0.5, 0.6) is 0 Å². The highest BCUT2D eigenvalue weighted by atomic mass is 79.9. The third-order valence-corrected chi connectivity index (χ3v) is 5.39. The highest BCUT2D eigenvalue weighted by molar-refractivity contribution is 9.10. The fourth-order valence-electron chi connectivity index (χ4n) is 3.64. The topological polar surface area (TPSA) is 52.9 Å². The molecule has 2 aromatic heterocycles. The lowest BCUT2D eigenvalue weighted by molar-refractivity contribution is 0.199. The van der Waals surface area contributed by atoms with Crippen LogP contribution in [0.25, 0.3) is 16.6 Å². The Morgan fingerprint density at radius 3 is 2.81 bits per heavy atom. The highest BCUT2D eigenvalue weighted by Crippen LogP contribution is 2.27. The van der Waals surface area contributed by atoms with Crippen LogP contribution in [0.3, 0.4) is 0 Å². The van der Waals surface area contributed by atoms with Gasteiger partial charge < -0.3 is 19.5 Å². The standard InChI is InChI=1S/C20H24BrN5O/c1-14(2)22-20(27)25-9-4-8-24(11-12-25)19-18-5-3-10-26(18)17-7-6-15(21)13-16(17)23-19/h3,5-7,10,13-14H,4,8-9,11-12H2,1-2H3,(H,22,27). The Balaban J connectivity index is 1.65. The molecule has 0 aliphatic carbocycles. The van der Waals surface area contributed by atoms with Gasteiger partial charge in [-0.1, -0.05) is 15.9 Å². The molecule has 1 N–H and O–H groups in total. The Kier molecular flexibility index (Phi) is 4.95. The summed E-state index contributed by atoms with van der Waals surface area (Å²) in [7, 11) is 0. The number of rotatable bonds is 2. The first-order valence-electron chi connectivity index (χ1n) is 9.39. The van der Waals surface area contributed by atoms with Crippen LogP contribution >= 0.6 is 15.9 Å². The van der Waals surface area contributed by atoms with E-state index >= 15 is 0 Å². The Bertz CT molecular complexity index is 983. The summed E-state index contributed by atoms with van der Waals surface area (Å²) in [5, 5.41) is 2.99. The fraction of sp³-hybridized carbons (Fsp3) is 0.400. The first kappa shape index (κ1) is 18.1. The normalized spacial score (nSPS) is 15.6. The Labute approximate surface area is 167 Å². The van der Waals surface area contributed by atoms with Crippen molar-refractivity contribution >= 4 is 44.3 Å². The van der Waals surface area contributed by atoms with Crippen LogP contribution in [0.2, 0.25) is 0 Å². The molecule has 6 nitrogen and oxygen atoms in total. The molecule has 0 atom stereocenters. The molecule has 27 heavy (non-hydrogen) atoms. The third-order valence-electron chi connectivity index (χ3n) is 4.90. The van der Waals surface area contributed by atoms with E-state index in [-0.39, 0.29) is 12.1 Å². The minimum absolute atomic E-state index is 0.0232. The van der Waals surface area contributed by atoms with Crippen molar-refractivity contribution in [3.63, 3.8) is 0 Å². The van der Waals surface area contributed by atoms with Crippen molar-refractivity contribution in [2.24, 2.45) is 0 Å². The summed E-state index contributed by atoms with van der Waals surface area (Å²) in [6, 6.07) is 10.5. The Hall–Kier alpha value is -2.28. The zero-order valence-corrected chi connectivity index (χ0v) is 17.2. The van der Waals surface area contributed by atoms with Crippen LogP contribution in [-0.4, -0.2) is 52.5 Å². The molecule has 1 aliphatic rings. The number of nitrogens with one attached hydrogen (secondary N) is 1. The predicted octanol–water partition coefficient (Wildman–Crippen LogP) is 3.88. The lowest BCUT2D eigenvalue weighted by Gasteiger charge is -2.24. The van der Waals surface area contributed by atoms with Crippen LogP contribution in [0.1, 0.15) is 20.3 Å². The maximum Gasteiger partial charge on any atom is 0.317 e. The molecule has 142 valence electrons. The summed E-state index contributed by atoms with van der Waals surface area (Å²) in [6.07, 6.45) is 3.01. The average Bonchev–Trinajstić information content (AvgIpc) is 2.98. The number of halogens is 1. The van der Waals surface area contributed by atoms with E-state index in [1.807, 2.05) is 24.8 Å². The van der Waals surface area contributed by atoms with Crippen molar-refractivity contribution < 1.29 is 4.79 Å². The third kappa shape index (κ3) is 3.60. The number of urea groups is 1. The van der Waals surface area contributed by atoms with E-state index < -0.39 is 0 Å². The maximum absolute atomic E-state index is 12.4. The van der Waals surface area contributed by atoms with Crippen LogP contribution < -0.4 is 10.2 Å². The van der Waals surface area contributed by atoms with Crippen molar-refractivity contribution in [2.75, 3.05) is 31.1 Å². The van der Waals surface area contributed by atoms with Gasteiger partial charge in [0.05, 0.1) is 16.6 Å². The molecule has 1 aromatic carbocycles. The van der Waals surface area contributed by atoms with Crippen molar-refractivity contribution in [1.82, 2.24) is 19.6 Å². The molecule has 0 radical (unpaired) electrons. The van der Waals surface area contributed by atoms with Crippen LogP contribution in [0.15, 0.2) is 41.0 Å². The van der Waals surface area contributed by atoms with E-state index in [2.05, 4.69) is 61.0 Å². The van der Waals surface area contributed by atoms with Crippen molar-refractivity contribution in [2.45, 2.75) is 26.3 Å². The lowest BCUT2D eigenvalue weighted by atomic mass is 10.3. The molecule has 7 heteroatoms. The van der Waals surface area contributed by atoms with Crippen LogP contribution in [0, 0.1) is 0 Å². The van der Waals surface area contributed by atoms with E-state index in [1.165, 1.54) is 0 Å². The van der Waals surface area contributed by atoms with Crippen molar-refractivity contribution in [1.29, 1.82) is 0 Å². The summed E-state index contributed by atoms with van der Waals surface area (Å²) < 4.78 is 3.21. The van der Waals surface area contributed by atoms with E-state index in [4.69, 9.17) is 4.98 Å². The molecule has 1 aliphatic heterocycles. The van der Waals surface area contributed by atoms with Gasteiger partial charge in [0.2, 0.25) is 0 Å². The summed E-state index contributed by atoms with van der Waals surface area (Å²) in [4.78, 5) is 21.5. The minimum atomic E-state index is 0.0232. The van der Waals surface area contributed by atoms with Gasteiger partial charge in [0.25, 0.3) is 0 Å². The Morgan fingerprint density at radius 1 is 1.15 bits per heavy atom. The largest absolute Gasteiger partial charge is 0.353 e. The van der Waals surface area contributed by atoms with Gasteiger partial charge in [-0.15, -0.1) is 0 Å². The molecule has 0 bridgehead atoms. The number of hydrogen-bond donors (Lipinski definition) is 1. The number of anilines is 1. The van der Waals surface area contributed by atoms with Gasteiger partial charge in [-0.25, -0.2) is 9.78 Å². The second-order valence-electron chi connectivity index (χ2n) is 7.26. The van der Waals surface area contributed by atoms with Crippen molar-refractivity contribution in [3.8, 4) is 0 Å². The highest BCUT2D eigenvalue weighted by Gasteiger charge is 2.22. The van der Waals surface area contributed by atoms with E-state index in [0.717, 1.165) is 52.9 Å². The lowest BCUT2D eigenvalue weighted by Crippen LogP contribution is -2.44. The SMILES string of the molecule is CC(C)NC(=O)N1CCCN(c2nc3cc(Br)ccc3n3cccc23)CC1. The molecule has 0 spiro atoms. The second kappa shape index (κ2) is 7.38. The molecular weight excluding hydrogens is 406 g/mol. The average molecular weight is 430 g/mol. The molecule has 3 heterocycles. The van der Waals surface area contributed by atoms with Gasteiger partial charge in [0.15, 0.2) is 5.82 Å². The van der Waals surface area contributed by atoms with E-state index in [0.29, 0.717) is 6.54 Å². The molecule has 1 fully saturated rings. The van der Waals surface area contributed by atoms with Crippen LogP contribution in [0.4, 0.5) is 10.6 Å². The number of benzene rings is 1. The zero-order valence-electron chi connectivity index (χ0n) is 15.7. The number of hydrogen-bond acceptors (Lipinski definition) is 3. The van der Waals surface area contributed by atoms with Gasteiger partial charge >= 0.3 is 6.03 Å². The second-order valence-corrected chi connectivity index (χ2v) is 8.18. The van der Waals surface area contributed by atoms with Gasteiger partial charge in [-0.2, -0.15) is 0 Å². The zero-order chi connectivity index (χ0) is 19.0. The van der Waals surface area contributed by atoms with Gasteiger partial charge in [-0.05, 0) is 50.6 Å². The van der Waals surface area contributed by atoms with Crippen LogP contribution in [-0.2, 0) is 0 Å². The summed E-state index contributed by atoms with van der Waals surface area (Å²) in [5.41, 5.74) is 3.15. The molecule has 2 amide bonds. The molecule has 1 saturated heterocycles. The van der Waals surface area contributed by atoms with Gasteiger partial charge in [0.1, 0.15) is 0 Å². The summed E-state index contributed by atoms with van der Waals surface area (Å²) in [5.74, 6) is 0.983. The number of aromatic nitrogens is 2. The first-order chi connectivity index (χ1) is 13.0. The van der Waals surface area contributed by atoms with Gasteiger partial charge in [0, 0.05) is 42.9 Å². The number of carbonyl (C=O) groups excluding carboxylic acids is 1. The number of carbonyl (C=O) groups is 1. The van der Waals surface area contributed by atoms with Crippen molar-refractivity contribution in [3.05, 3.63) is 41.0 Å². The molecule has 4 rings (SSSR count). The quantitative estimate of drug-likeness (QED) is 0.672. The molecule has 0 unspecified atom stereocenters. The van der Waals surface area contributed by atoms with Gasteiger partial charge in [-0.3, -0.25) is 0 Å². The Morgan fingerprint density at radius 2 is 2.00 bits per heavy atom. The van der Waals surface area contributed by atoms with E-state index in [9.17, 15) is 4.79 Å². The molecule has 0 saturated carbocycles. The fourth-order valence-corrected chi connectivity index (χ4v) is 3.99. The number of fused-ring (bicyclic) bond motifs is 3. The summed E-state index contributed by atoms with van der Waals surface area (Å²) in [6.45, 7) is 7.11.